The Morgan fingerprint density at radius 1 is 1.38 bits per heavy atom. The van der Waals surface area contributed by atoms with E-state index in [1.54, 1.807) is 0 Å². The van der Waals surface area contributed by atoms with Gasteiger partial charge in [-0.1, -0.05) is 0 Å². The van der Waals surface area contributed by atoms with Gasteiger partial charge >= 0.3 is 5.97 Å². The molecule has 3 aliphatic rings. The normalized spacial score (nSPS) is 40.9. The highest BCUT2D eigenvalue weighted by Crippen LogP contribution is 2.39. The van der Waals surface area contributed by atoms with Crippen molar-refractivity contribution < 1.29 is 28.5 Å². The van der Waals surface area contributed by atoms with Crippen LogP contribution in [0.15, 0.2) is 0 Å². The number of hydrogen-bond donors (Lipinski definition) is 1. The summed E-state index contributed by atoms with van der Waals surface area (Å²) in [5.74, 6) is -1.10. The first-order valence-corrected chi connectivity index (χ1v) is 7.29. The lowest BCUT2D eigenvalue weighted by molar-refractivity contribution is -0.184. The third-order valence-electron chi connectivity index (χ3n) is 4.07. The van der Waals surface area contributed by atoms with E-state index in [4.69, 9.17) is 18.9 Å². The molecule has 0 radical (unpaired) electrons. The third kappa shape index (κ3) is 2.90. The van der Waals surface area contributed by atoms with E-state index in [0.717, 1.165) is 0 Å². The zero-order chi connectivity index (χ0) is 15.2. The molecular formula is C14H21NO6. The maximum absolute atomic E-state index is 11.6. The average Bonchev–Trinajstić information content (AvgIpc) is 2.72. The molecule has 118 valence electrons. The molecule has 0 aromatic heterocycles. The first-order chi connectivity index (χ1) is 9.85. The highest BCUT2D eigenvalue weighted by Gasteiger charge is 2.56. The monoisotopic (exact) mass is 299 g/mol. The van der Waals surface area contributed by atoms with Crippen LogP contribution in [0.25, 0.3) is 0 Å². The fraction of sp³-hybridized carbons (Fsp3) is 0.857. The Hall–Kier alpha value is -1.18. The van der Waals surface area contributed by atoms with Crippen molar-refractivity contribution in [1.82, 2.24) is 5.32 Å². The molecule has 7 nitrogen and oxygen atoms in total. The van der Waals surface area contributed by atoms with Gasteiger partial charge in [0.1, 0.15) is 24.9 Å². The van der Waals surface area contributed by atoms with E-state index in [1.165, 1.54) is 6.92 Å². The number of esters is 1. The zero-order valence-corrected chi connectivity index (χ0v) is 12.5. The van der Waals surface area contributed by atoms with Gasteiger partial charge in [0.15, 0.2) is 5.79 Å². The number of carbonyl (C=O) groups is 2. The van der Waals surface area contributed by atoms with Crippen molar-refractivity contribution in [2.45, 2.75) is 69.9 Å². The molecule has 0 spiro atoms. The van der Waals surface area contributed by atoms with Crippen LogP contribution in [0.3, 0.4) is 0 Å². The molecule has 0 bridgehead atoms. The molecule has 1 amide bonds. The minimum atomic E-state index is -0.746. The zero-order valence-electron chi connectivity index (χ0n) is 12.5. The lowest BCUT2D eigenvalue weighted by Gasteiger charge is -2.44. The van der Waals surface area contributed by atoms with E-state index in [9.17, 15) is 9.59 Å². The summed E-state index contributed by atoms with van der Waals surface area (Å²) in [6.45, 7) is 5.15. The van der Waals surface area contributed by atoms with Gasteiger partial charge in [0.25, 0.3) is 0 Å². The van der Waals surface area contributed by atoms with Crippen LogP contribution < -0.4 is 5.32 Å². The van der Waals surface area contributed by atoms with E-state index in [1.807, 2.05) is 13.8 Å². The molecule has 0 aliphatic carbocycles. The average molecular weight is 299 g/mol. The number of piperidine rings is 1. The number of amides is 1. The Bertz CT molecular complexity index is 451. The van der Waals surface area contributed by atoms with Crippen LogP contribution in [0.1, 0.15) is 33.6 Å². The quantitative estimate of drug-likeness (QED) is 0.729. The van der Waals surface area contributed by atoms with Crippen LogP contribution in [0.4, 0.5) is 0 Å². The molecule has 3 saturated heterocycles. The number of rotatable bonds is 2. The second kappa shape index (κ2) is 5.23. The minimum absolute atomic E-state index is 0.00495. The van der Waals surface area contributed by atoms with Crippen LogP contribution >= 0.6 is 0 Å². The van der Waals surface area contributed by atoms with Crippen LogP contribution in [0.2, 0.25) is 0 Å². The standard InChI is InChI=1S/C14H21NO6/c1-7(16)18-6-9-12-13(21-14(2,3)20-12)11-8(19-9)4-5-10(17)15-11/h8-9,11-13H,4-6H2,1-3H3,(H,15,17)/t8-,9-,11+,12+,13-/m1/s1. The fourth-order valence-electron chi connectivity index (χ4n) is 3.27. The topological polar surface area (TPSA) is 83.1 Å². The van der Waals surface area contributed by atoms with E-state index in [2.05, 4.69) is 5.32 Å². The summed E-state index contributed by atoms with van der Waals surface area (Å²) < 4.78 is 22.9. The SMILES string of the molecule is CC(=O)OC[C@H]1O[C@@H]2CCC(=O)N[C@@H]2[C@H]2OC(C)(C)O[C@H]21. The van der Waals surface area contributed by atoms with Gasteiger partial charge in [-0.05, 0) is 20.3 Å². The maximum Gasteiger partial charge on any atom is 0.302 e. The second-order valence-corrected chi connectivity index (χ2v) is 6.21. The number of ether oxygens (including phenoxy) is 4. The Kier molecular flexibility index (Phi) is 3.67. The summed E-state index contributed by atoms with van der Waals surface area (Å²) in [7, 11) is 0. The first-order valence-electron chi connectivity index (χ1n) is 7.29. The molecule has 3 rings (SSSR count). The number of carbonyl (C=O) groups excluding carboxylic acids is 2. The summed E-state index contributed by atoms with van der Waals surface area (Å²) in [6.07, 6.45) is -0.0927. The summed E-state index contributed by atoms with van der Waals surface area (Å²) in [6, 6.07) is -0.216. The predicted octanol–water partition coefficient (Wildman–Crippen LogP) is 0.116. The van der Waals surface area contributed by atoms with Crippen LogP contribution in [-0.2, 0) is 28.5 Å². The summed E-state index contributed by atoms with van der Waals surface area (Å²) in [4.78, 5) is 22.7. The van der Waals surface area contributed by atoms with Gasteiger partial charge < -0.3 is 24.3 Å². The molecule has 3 aliphatic heterocycles. The van der Waals surface area contributed by atoms with Crippen molar-refractivity contribution in [3.05, 3.63) is 0 Å². The van der Waals surface area contributed by atoms with Crippen molar-refractivity contribution in [3.8, 4) is 0 Å². The van der Waals surface area contributed by atoms with Crippen LogP contribution in [0, 0.1) is 0 Å². The molecule has 21 heavy (non-hydrogen) atoms. The van der Waals surface area contributed by atoms with Crippen molar-refractivity contribution in [2.75, 3.05) is 6.61 Å². The van der Waals surface area contributed by atoms with Gasteiger partial charge in [0.05, 0.1) is 12.1 Å². The Morgan fingerprint density at radius 2 is 2.10 bits per heavy atom. The Morgan fingerprint density at radius 3 is 2.81 bits per heavy atom. The van der Waals surface area contributed by atoms with E-state index >= 15 is 0 Å². The van der Waals surface area contributed by atoms with Gasteiger partial charge in [-0.2, -0.15) is 0 Å². The highest BCUT2D eigenvalue weighted by atomic mass is 16.8. The molecule has 7 heteroatoms. The third-order valence-corrected chi connectivity index (χ3v) is 4.07. The van der Waals surface area contributed by atoms with Crippen LogP contribution in [-0.4, -0.2) is 54.7 Å². The van der Waals surface area contributed by atoms with Gasteiger partial charge in [-0.3, -0.25) is 9.59 Å². The van der Waals surface area contributed by atoms with Crippen molar-refractivity contribution >= 4 is 11.9 Å². The first kappa shape index (κ1) is 14.7. The smallest absolute Gasteiger partial charge is 0.302 e. The van der Waals surface area contributed by atoms with Gasteiger partial charge in [0.2, 0.25) is 5.91 Å². The predicted molar refractivity (Wildman–Crippen MR) is 70.3 cm³/mol. The number of nitrogens with one attached hydrogen (secondary N) is 1. The highest BCUT2D eigenvalue weighted by molar-refractivity contribution is 5.77. The van der Waals surface area contributed by atoms with E-state index in [-0.39, 0.29) is 48.9 Å². The molecule has 5 atom stereocenters. The fourth-order valence-corrected chi connectivity index (χ4v) is 3.27. The van der Waals surface area contributed by atoms with Crippen LogP contribution in [0.5, 0.6) is 0 Å². The number of fused-ring (bicyclic) bond motifs is 3. The molecule has 3 heterocycles. The Balaban J connectivity index is 1.79. The molecule has 1 N–H and O–H groups in total. The minimum Gasteiger partial charge on any atom is -0.463 e. The largest absolute Gasteiger partial charge is 0.463 e. The van der Waals surface area contributed by atoms with Gasteiger partial charge in [0, 0.05) is 13.3 Å². The second-order valence-electron chi connectivity index (χ2n) is 6.21. The summed E-state index contributed by atoms with van der Waals surface area (Å²) in [5, 5.41) is 2.94. The molecule has 3 fully saturated rings. The molecule has 0 aromatic carbocycles. The summed E-state index contributed by atoms with van der Waals surface area (Å²) in [5.41, 5.74) is 0. The molecule has 0 saturated carbocycles. The molecular weight excluding hydrogens is 278 g/mol. The number of hydrogen-bond acceptors (Lipinski definition) is 6. The van der Waals surface area contributed by atoms with Crippen molar-refractivity contribution in [3.63, 3.8) is 0 Å². The maximum atomic E-state index is 11.6. The van der Waals surface area contributed by atoms with Gasteiger partial charge in [-0.15, -0.1) is 0 Å². The van der Waals surface area contributed by atoms with E-state index in [0.29, 0.717) is 12.8 Å². The molecule has 0 aromatic rings. The van der Waals surface area contributed by atoms with E-state index < -0.39 is 5.79 Å². The molecule has 0 unspecified atom stereocenters. The lowest BCUT2D eigenvalue weighted by Crippen LogP contribution is -2.65. The van der Waals surface area contributed by atoms with Crippen molar-refractivity contribution in [2.24, 2.45) is 0 Å². The van der Waals surface area contributed by atoms with Gasteiger partial charge in [-0.25, -0.2) is 0 Å². The summed E-state index contributed by atoms with van der Waals surface area (Å²) >= 11 is 0. The Labute approximate surface area is 123 Å². The van der Waals surface area contributed by atoms with Crippen molar-refractivity contribution in [1.29, 1.82) is 0 Å². The lowest BCUT2D eigenvalue weighted by atomic mass is 9.88.